The maximum atomic E-state index is 5.66. The molecule has 0 aliphatic carbocycles. The van der Waals surface area contributed by atoms with Gasteiger partial charge in [-0.05, 0) is 6.92 Å². The fourth-order valence-electron chi connectivity index (χ4n) is 1.48. The molecular weight excluding hydrogens is 225 g/mol. The van der Waals surface area contributed by atoms with Gasteiger partial charge in [-0.25, -0.2) is 0 Å². The van der Waals surface area contributed by atoms with Crippen molar-refractivity contribution in [2.45, 2.75) is 31.7 Å². The summed E-state index contributed by atoms with van der Waals surface area (Å²) in [6, 6.07) is 0. The van der Waals surface area contributed by atoms with Crippen LogP contribution in [0.3, 0.4) is 0 Å². The van der Waals surface area contributed by atoms with Gasteiger partial charge in [-0.15, -0.1) is 8.93 Å². The molecule has 13 heavy (non-hydrogen) atoms. The first-order chi connectivity index (χ1) is 6.27. The highest BCUT2D eigenvalue weighted by molar-refractivity contribution is 8.37. The third-order valence-electron chi connectivity index (χ3n) is 2.07. The number of methoxy groups -OCH3 is 1. The lowest BCUT2D eigenvalue weighted by Gasteiger charge is -2.16. The first kappa shape index (κ1) is 12.2. The van der Waals surface area contributed by atoms with Gasteiger partial charge in [0.15, 0.2) is 0 Å². The predicted octanol–water partition coefficient (Wildman–Crippen LogP) is 2.17. The Morgan fingerprint density at radius 2 is 2.38 bits per heavy atom. The molecule has 1 aliphatic heterocycles. The van der Waals surface area contributed by atoms with Gasteiger partial charge in [0.25, 0.3) is 0 Å². The number of ether oxygens (including phenoxy) is 2. The molecule has 78 valence electrons. The van der Waals surface area contributed by atoms with Crippen LogP contribution in [0, 0.1) is 0 Å². The number of hydrogen-bond acceptors (Lipinski definition) is 3. The second-order valence-corrected chi connectivity index (χ2v) is 7.91. The Balaban J connectivity index is 2.23. The van der Waals surface area contributed by atoms with Gasteiger partial charge in [0.2, 0.25) is 0 Å². The first-order valence-corrected chi connectivity index (χ1v) is 9.00. The molecule has 1 rings (SSSR count). The molecule has 0 amide bonds. The van der Waals surface area contributed by atoms with Crippen LogP contribution in [0.2, 0.25) is 0 Å². The van der Waals surface area contributed by atoms with E-state index in [1.807, 2.05) is 0 Å². The van der Waals surface area contributed by atoms with Crippen LogP contribution in [-0.4, -0.2) is 32.0 Å². The van der Waals surface area contributed by atoms with E-state index in [0.29, 0.717) is 21.2 Å². The lowest BCUT2D eigenvalue weighted by Crippen LogP contribution is -2.27. The van der Waals surface area contributed by atoms with Crippen molar-refractivity contribution < 1.29 is 14.0 Å². The van der Waals surface area contributed by atoms with E-state index in [0.717, 1.165) is 14.4 Å². The second-order valence-electron chi connectivity index (χ2n) is 3.05. The van der Waals surface area contributed by atoms with Gasteiger partial charge in [0.05, 0.1) is 18.8 Å². The van der Waals surface area contributed by atoms with E-state index < -0.39 is 0 Å². The molecule has 0 bridgehead atoms. The average molecular weight is 242 g/mol. The van der Waals surface area contributed by atoms with Crippen molar-refractivity contribution in [2.75, 3.05) is 13.7 Å². The standard InChI is InChI=1S/C7H17O3P3/c1-5-3-6(8-2)7(10-5)4-9-12-13-11/h5-7,12-13H,3-4,11H2,1-2H3/t5-,6?,7+/m0/s1. The molecule has 4 unspecified atom stereocenters. The summed E-state index contributed by atoms with van der Waals surface area (Å²) in [4.78, 5) is 0. The number of rotatable bonds is 5. The zero-order valence-electron chi connectivity index (χ0n) is 7.95. The molecule has 1 saturated heterocycles. The average Bonchev–Trinajstić information content (AvgIpc) is 2.47. The summed E-state index contributed by atoms with van der Waals surface area (Å²) >= 11 is 0. The lowest BCUT2D eigenvalue weighted by atomic mass is 10.1. The second kappa shape index (κ2) is 6.62. The smallest absolute Gasteiger partial charge is 0.108 e. The Morgan fingerprint density at radius 3 is 3.00 bits per heavy atom. The Kier molecular flexibility index (Phi) is 6.23. The maximum Gasteiger partial charge on any atom is 0.108 e. The van der Waals surface area contributed by atoms with Gasteiger partial charge in [0, 0.05) is 22.0 Å². The zero-order valence-corrected chi connectivity index (χ0v) is 11.1. The number of hydrogen-bond donors (Lipinski definition) is 0. The Bertz CT molecular complexity index is 147. The molecule has 0 aromatic rings. The van der Waals surface area contributed by atoms with Gasteiger partial charge in [-0.2, -0.15) is 0 Å². The van der Waals surface area contributed by atoms with E-state index in [1.165, 1.54) is 0 Å². The van der Waals surface area contributed by atoms with Gasteiger partial charge in [-0.1, -0.05) is 7.96 Å². The van der Waals surface area contributed by atoms with Crippen molar-refractivity contribution in [3.05, 3.63) is 0 Å². The van der Waals surface area contributed by atoms with Crippen LogP contribution >= 0.6 is 25.4 Å². The van der Waals surface area contributed by atoms with Crippen molar-refractivity contribution in [1.82, 2.24) is 0 Å². The summed E-state index contributed by atoms with van der Waals surface area (Å²) in [7, 11) is 5.79. The SMILES string of the molecule is COC1C[C@H](C)O[C@@H]1COPPP. The topological polar surface area (TPSA) is 27.7 Å². The minimum atomic E-state index is 0.133. The third-order valence-corrected chi connectivity index (χ3v) is 4.34. The first-order valence-electron chi connectivity index (χ1n) is 4.28. The van der Waals surface area contributed by atoms with Crippen molar-refractivity contribution in [3.63, 3.8) is 0 Å². The molecule has 0 saturated carbocycles. The Morgan fingerprint density at radius 1 is 1.62 bits per heavy atom. The van der Waals surface area contributed by atoms with Crippen molar-refractivity contribution in [3.8, 4) is 0 Å². The molecule has 1 aliphatic rings. The van der Waals surface area contributed by atoms with Crippen molar-refractivity contribution in [1.29, 1.82) is 0 Å². The van der Waals surface area contributed by atoms with Gasteiger partial charge < -0.3 is 14.0 Å². The third kappa shape index (κ3) is 4.04. The normalized spacial score (nSPS) is 35.8. The van der Waals surface area contributed by atoms with Gasteiger partial charge >= 0.3 is 0 Å². The van der Waals surface area contributed by atoms with E-state index in [9.17, 15) is 0 Å². The lowest BCUT2D eigenvalue weighted by molar-refractivity contribution is -0.0216. The van der Waals surface area contributed by atoms with Crippen LogP contribution in [0.25, 0.3) is 0 Å². The van der Waals surface area contributed by atoms with Crippen LogP contribution in [0.5, 0.6) is 0 Å². The minimum Gasteiger partial charge on any atom is -0.379 e. The molecule has 0 aromatic heterocycles. The summed E-state index contributed by atoms with van der Waals surface area (Å²) in [6.07, 6.45) is 1.64. The predicted molar refractivity (Wildman–Crippen MR) is 62.0 cm³/mol. The molecule has 0 N–H and O–H groups in total. The minimum absolute atomic E-state index is 0.133. The Hall–Kier alpha value is 1.17. The van der Waals surface area contributed by atoms with E-state index in [4.69, 9.17) is 14.0 Å². The highest BCUT2D eigenvalue weighted by Crippen LogP contribution is 2.44. The highest BCUT2D eigenvalue weighted by Gasteiger charge is 2.32. The highest BCUT2D eigenvalue weighted by atomic mass is 32.4. The monoisotopic (exact) mass is 242 g/mol. The molecule has 1 fully saturated rings. The van der Waals surface area contributed by atoms with E-state index in [-0.39, 0.29) is 12.2 Å². The molecule has 0 spiro atoms. The molecule has 6 atom stereocenters. The van der Waals surface area contributed by atoms with E-state index in [2.05, 4.69) is 15.9 Å². The fourth-order valence-corrected chi connectivity index (χ4v) is 3.06. The van der Waals surface area contributed by atoms with E-state index >= 15 is 0 Å². The zero-order chi connectivity index (χ0) is 9.68. The van der Waals surface area contributed by atoms with Crippen LogP contribution in [0.15, 0.2) is 0 Å². The fraction of sp³-hybridized carbons (Fsp3) is 1.00. The molecular formula is C7H17O3P3. The maximum absolute atomic E-state index is 5.66. The van der Waals surface area contributed by atoms with Crippen molar-refractivity contribution >= 4 is 25.4 Å². The van der Waals surface area contributed by atoms with Gasteiger partial charge in [0.1, 0.15) is 6.10 Å². The summed E-state index contributed by atoms with van der Waals surface area (Å²) in [6.45, 7) is 2.74. The summed E-state index contributed by atoms with van der Waals surface area (Å²) < 4.78 is 16.4. The summed E-state index contributed by atoms with van der Waals surface area (Å²) in [5.41, 5.74) is 0. The quantitative estimate of drug-likeness (QED) is 0.546. The Labute approximate surface area is 85.3 Å². The van der Waals surface area contributed by atoms with Gasteiger partial charge in [-0.3, -0.25) is 0 Å². The summed E-state index contributed by atoms with van der Waals surface area (Å²) in [5.74, 6) is 0. The molecule has 3 nitrogen and oxygen atoms in total. The molecule has 1 heterocycles. The molecule has 0 radical (unpaired) electrons. The largest absolute Gasteiger partial charge is 0.379 e. The van der Waals surface area contributed by atoms with Crippen LogP contribution in [-0.2, 0) is 14.0 Å². The molecule has 0 aromatic carbocycles. The van der Waals surface area contributed by atoms with Crippen LogP contribution in [0.1, 0.15) is 13.3 Å². The van der Waals surface area contributed by atoms with Crippen LogP contribution < -0.4 is 0 Å². The van der Waals surface area contributed by atoms with E-state index in [1.54, 1.807) is 7.11 Å². The van der Waals surface area contributed by atoms with Crippen LogP contribution in [0.4, 0.5) is 0 Å². The summed E-state index contributed by atoms with van der Waals surface area (Å²) in [5, 5.41) is 0. The van der Waals surface area contributed by atoms with Crippen molar-refractivity contribution in [2.24, 2.45) is 0 Å². The molecule has 6 heteroatoms.